The van der Waals surface area contributed by atoms with Gasteiger partial charge in [-0.15, -0.1) is 0 Å². The quantitative estimate of drug-likeness (QED) is 0.463. The van der Waals surface area contributed by atoms with Crippen molar-refractivity contribution in [3.63, 3.8) is 0 Å². The summed E-state index contributed by atoms with van der Waals surface area (Å²) >= 11 is 12.1. The third-order valence-corrected chi connectivity index (χ3v) is 7.59. The summed E-state index contributed by atoms with van der Waals surface area (Å²) in [5, 5.41) is 8.19. The predicted octanol–water partition coefficient (Wildman–Crippen LogP) is 5.80. The van der Waals surface area contributed by atoms with E-state index in [0.29, 0.717) is 34.3 Å². The van der Waals surface area contributed by atoms with Crippen molar-refractivity contribution in [3.8, 4) is 0 Å². The maximum Gasteiger partial charge on any atom is 0.239 e. The number of nitrogens with one attached hydrogen (secondary N) is 2. The number of hydrogen-bond acceptors (Lipinski definition) is 4. The van der Waals surface area contributed by atoms with Crippen molar-refractivity contribution in [2.24, 2.45) is 21.3 Å². The summed E-state index contributed by atoms with van der Waals surface area (Å²) in [5.74, 6) is -0.570. The average Bonchev–Trinajstić information content (AvgIpc) is 2.95. The van der Waals surface area contributed by atoms with E-state index in [1.54, 1.807) is 18.2 Å². The Labute approximate surface area is 185 Å². The molecule has 0 aliphatic heterocycles. The molecule has 0 saturated heterocycles. The van der Waals surface area contributed by atoms with Crippen LogP contribution >= 0.6 is 23.2 Å². The number of rotatable bonds is 4. The molecule has 5 nitrogen and oxygen atoms in total. The number of amides is 1. The van der Waals surface area contributed by atoms with Crippen LogP contribution in [0.2, 0.25) is 10.0 Å². The third-order valence-electron chi connectivity index (χ3n) is 7.15. The van der Waals surface area contributed by atoms with Crippen LogP contribution in [-0.4, -0.2) is 17.4 Å². The fourth-order valence-electron chi connectivity index (χ4n) is 4.97. The molecule has 4 rings (SSSR count). The Morgan fingerprint density at radius 1 is 0.967 bits per heavy atom. The molecule has 2 atom stereocenters. The van der Waals surface area contributed by atoms with Crippen LogP contribution in [0.25, 0.3) is 0 Å². The zero-order chi connectivity index (χ0) is 21.7. The number of hydrazone groups is 1. The minimum Gasteiger partial charge on any atom is -0.325 e. The Morgan fingerprint density at radius 3 is 2.23 bits per heavy atom. The molecule has 0 radical (unpaired) electrons. The number of benzene rings is 2. The van der Waals surface area contributed by atoms with Crippen molar-refractivity contribution < 1.29 is 9.59 Å². The van der Waals surface area contributed by atoms with E-state index in [0.717, 1.165) is 5.69 Å². The lowest BCUT2D eigenvalue weighted by Crippen LogP contribution is -2.47. The Kier molecular flexibility index (Phi) is 4.94. The average molecular weight is 444 g/mol. The second kappa shape index (κ2) is 7.10. The van der Waals surface area contributed by atoms with Gasteiger partial charge in [0.2, 0.25) is 5.91 Å². The zero-order valence-corrected chi connectivity index (χ0v) is 18.6. The van der Waals surface area contributed by atoms with Crippen LogP contribution in [0.15, 0.2) is 53.6 Å². The summed E-state index contributed by atoms with van der Waals surface area (Å²) in [6.07, 6.45) is 1.17. The smallest absolute Gasteiger partial charge is 0.239 e. The van der Waals surface area contributed by atoms with Gasteiger partial charge in [0, 0.05) is 21.1 Å². The Hall–Kier alpha value is -2.37. The Morgan fingerprint density at radius 2 is 1.60 bits per heavy atom. The molecule has 7 heteroatoms. The first-order chi connectivity index (χ1) is 14.1. The van der Waals surface area contributed by atoms with Crippen LogP contribution in [0.5, 0.6) is 0 Å². The lowest BCUT2D eigenvalue weighted by molar-refractivity contribution is -0.139. The highest BCUT2D eigenvalue weighted by atomic mass is 35.5. The summed E-state index contributed by atoms with van der Waals surface area (Å²) in [4.78, 5) is 27.1. The number of para-hydroxylation sites is 1. The van der Waals surface area contributed by atoms with Gasteiger partial charge >= 0.3 is 0 Å². The molecule has 1 amide bonds. The molecule has 2 aliphatic carbocycles. The van der Waals surface area contributed by atoms with Gasteiger partial charge in [-0.1, -0.05) is 62.2 Å². The fraction of sp³-hybridized carbons (Fsp3) is 0.348. The molecule has 2 aromatic carbocycles. The Balaban J connectivity index is 1.70. The fourth-order valence-corrected chi connectivity index (χ4v) is 5.50. The molecular weight excluding hydrogens is 421 g/mol. The maximum atomic E-state index is 13.6. The summed E-state index contributed by atoms with van der Waals surface area (Å²) in [7, 11) is 0. The van der Waals surface area contributed by atoms with Crippen LogP contribution in [0.1, 0.15) is 33.6 Å². The first kappa shape index (κ1) is 20.9. The van der Waals surface area contributed by atoms with E-state index in [-0.39, 0.29) is 11.7 Å². The second-order valence-electron chi connectivity index (χ2n) is 8.74. The normalized spacial score (nSPS) is 28.0. The summed E-state index contributed by atoms with van der Waals surface area (Å²) in [6, 6.07) is 14.3. The lowest BCUT2D eigenvalue weighted by Gasteiger charge is -2.37. The summed E-state index contributed by atoms with van der Waals surface area (Å²) in [6.45, 7) is 5.98. The number of Topliss-reactive ketones (excluding diaryl/α,β-unsaturated/α-hetero) is 1. The van der Waals surface area contributed by atoms with Crippen molar-refractivity contribution in [1.82, 2.24) is 0 Å². The highest BCUT2D eigenvalue weighted by Crippen LogP contribution is 2.69. The zero-order valence-electron chi connectivity index (χ0n) is 17.1. The highest BCUT2D eigenvalue weighted by molar-refractivity contribution is 6.51. The second-order valence-corrected chi connectivity index (χ2v) is 9.61. The van der Waals surface area contributed by atoms with Gasteiger partial charge in [0.25, 0.3) is 0 Å². The largest absolute Gasteiger partial charge is 0.325 e. The number of hydrogen-bond donors (Lipinski definition) is 2. The van der Waals surface area contributed by atoms with Crippen LogP contribution < -0.4 is 10.7 Å². The number of carbonyl (C=O) groups is 2. The highest BCUT2D eigenvalue weighted by Gasteiger charge is 2.76. The molecule has 0 spiro atoms. The molecule has 2 bridgehead atoms. The molecule has 2 unspecified atom stereocenters. The summed E-state index contributed by atoms with van der Waals surface area (Å²) in [5.41, 5.74) is 2.33. The maximum absolute atomic E-state index is 13.6. The van der Waals surface area contributed by atoms with Crippen LogP contribution in [0.4, 0.5) is 11.4 Å². The predicted molar refractivity (Wildman–Crippen MR) is 121 cm³/mol. The number of nitrogens with zero attached hydrogens (tertiary/aromatic N) is 1. The van der Waals surface area contributed by atoms with Gasteiger partial charge < -0.3 is 5.32 Å². The first-order valence-electron chi connectivity index (χ1n) is 9.83. The number of anilines is 2. The number of fused-ring (bicyclic) bond motifs is 2. The molecule has 2 aromatic rings. The van der Waals surface area contributed by atoms with Gasteiger partial charge in [-0.2, -0.15) is 5.10 Å². The third kappa shape index (κ3) is 2.87. The van der Waals surface area contributed by atoms with Crippen molar-refractivity contribution >= 4 is 52.0 Å². The van der Waals surface area contributed by atoms with E-state index in [4.69, 9.17) is 23.2 Å². The van der Waals surface area contributed by atoms with Crippen LogP contribution in [0.3, 0.4) is 0 Å². The SMILES string of the molecule is CC12CCC(C(=O)Nc3cc(Cl)cc(Cl)c3)(C(=O)/C1=N\Nc1ccccc1)C2(C)C. The van der Waals surface area contributed by atoms with Crippen LogP contribution in [-0.2, 0) is 9.59 Å². The molecule has 2 N–H and O–H groups in total. The molecule has 2 fully saturated rings. The van der Waals surface area contributed by atoms with Gasteiger partial charge in [-0.05, 0) is 48.6 Å². The molecule has 30 heavy (non-hydrogen) atoms. The minimum atomic E-state index is -1.20. The summed E-state index contributed by atoms with van der Waals surface area (Å²) < 4.78 is 0. The van der Waals surface area contributed by atoms with Crippen LogP contribution in [0, 0.1) is 16.2 Å². The molecule has 156 valence electrons. The van der Waals surface area contributed by atoms with Crippen molar-refractivity contribution in [2.75, 3.05) is 10.7 Å². The van der Waals surface area contributed by atoms with E-state index in [9.17, 15) is 9.59 Å². The van der Waals surface area contributed by atoms with E-state index in [2.05, 4.69) is 15.8 Å². The van der Waals surface area contributed by atoms with Gasteiger partial charge in [-0.25, -0.2) is 0 Å². The molecule has 0 heterocycles. The molecule has 0 aromatic heterocycles. The monoisotopic (exact) mass is 443 g/mol. The Bertz CT molecular complexity index is 1050. The van der Waals surface area contributed by atoms with Gasteiger partial charge in [-0.3, -0.25) is 15.0 Å². The topological polar surface area (TPSA) is 70.6 Å². The first-order valence-corrected chi connectivity index (χ1v) is 10.6. The van der Waals surface area contributed by atoms with Gasteiger partial charge in [0.05, 0.1) is 5.69 Å². The number of ketones is 1. The van der Waals surface area contributed by atoms with Crippen molar-refractivity contribution in [2.45, 2.75) is 33.6 Å². The number of halogens is 2. The van der Waals surface area contributed by atoms with Crippen molar-refractivity contribution in [1.29, 1.82) is 0 Å². The van der Waals surface area contributed by atoms with E-state index in [1.807, 2.05) is 51.1 Å². The van der Waals surface area contributed by atoms with E-state index < -0.39 is 16.2 Å². The molecule has 2 saturated carbocycles. The molecular formula is C23H23Cl2N3O2. The standard InChI is InChI=1S/C23H23Cl2N3O2/c1-21(2)22(3)9-10-23(21,20(30)26-17-12-14(24)11-15(25)13-17)19(29)18(22)28-27-16-7-5-4-6-8-16/h4-8,11-13,27H,9-10H2,1-3H3,(H,26,30)/b28-18+. The minimum absolute atomic E-state index is 0.227. The van der Waals surface area contributed by atoms with E-state index >= 15 is 0 Å². The van der Waals surface area contributed by atoms with Gasteiger partial charge in [0.1, 0.15) is 11.1 Å². The van der Waals surface area contributed by atoms with Gasteiger partial charge in [0.15, 0.2) is 5.78 Å². The number of carbonyl (C=O) groups excluding carboxylic acids is 2. The van der Waals surface area contributed by atoms with E-state index in [1.165, 1.54) is 0 Å². The molecule has 2 aliphatic rings. The van der Waals surface area contributed by atoms with Crippen molar-refractivity contribution in [3.05, 3.63) is 58.6 Å². The lowest BCUT2D eigenvalue weighted by atomic mass is 9.64.